The van der Waals surface area contributed by atoms with Crippen LogP contribution in [0.25, 0.3) is 6.08 Å². The third-order valence-corrected chi connectivity index (χ3v) is 3.05. The van der Waals surface area contributed by atoms with Crippen molar-refractivity contribution in [3.63, 3.8) is 0 Å². The molecule has 0 radical (unpaired) electrons. The molecule has 2 aromatic rings. The van der Waals surface area contributed by atoms with Crippen molar-refractivity contribution in [2.45, 2.75) is 0 Å². The van der Waals surface area contributed by atoms with Crippen LogP contribution < -0.4 is 5.32 Å². The number of halogens is 3. The second-order valence-corrected chi connectivity index (χ2v) is 4.84. The van der Waals surface area contributed by atoms with E-state index in [-0.39, 0.29) is 10.9 Å². The van der Waals surface area contributed by atoms with Gasteiger partial charge in [0.05, 0.1) is 10.7 Å². The van der Waals surface area contributed by atoms with E-state index in [2.05, 4.69) is 5.32 Å². The molecule has 2 nitrogen and oxygen atoms in total. The minimum Gasteiger partial charge on any atom is -0.321 e. The molecular weight excluding hydrogens is 300 g/mol. The van der Waals surface area contributed by atoms with Crippen LogP contribution in [-0.4, -0.2) is 5.91 Å². The van der Waals surface area contributed by atoms with Crippen LogP contribution in [0.5, 0.6) is 0 Å². The average molecular weight is 310 g/mol. The van der Waals surface area contributed by atoms with Crippen molar-refractivity contribution >= 4 is 40.9 Å². The summed E-state index contributed by atoms with van der Waals surface area (Å²) < 4.78 is 12.9. The SMILES string of the molecule is O=C(/C=C/c1ccc(Cl)cc1)Nc1ccc(F)cc1Cl. The van der Waals surface area contributed by atoms with Crippen molar-refractivity contribution in [1.82, 2.24) is 0 Å². The Balaban J connectivity index is 2.03. The lowest BCUT2D eigenvalue weighted by Crippen LogP contribution is -2.08. The molecule has 0 aromatic heterocycles. The summed E-state index contributed by atoms with van der Waals surface area (Å²) in [6.07, 6.45) is 3.01. The van der Waals surface area contributed by atoms with E-state index in [1.54, 1.807) is 30.3 Å². The van der Waals surface area contributed by atoms with E-state index in [9.17, 15) is 9.18 Å². The van der Waals surface area contributed by atoms with Crippen molar-refractivity contribution in [2.24, 2.45) is 0 Å². The molecule has 0 spiro atoms. The Hall–Kier alpha value is -1.84. The fourth-order valence-corrected chi connectivity index (χ4v) is 1.85. The standard InChI is InChI=1S/C15H10Cl2FNO/c16-11-4-1-10(2-5-11)3-8-15(20)19-14-7-6-12(18)9-13(14)17/h1-9H,(H,19,20)/b8-3+. The summed E-state index contributed by atoms with van der Waals surface area (Å²) in [4.78, 5) is 11.7. The number of amides is 1. The highest BCUT2D eigenvalue weighted by Crippen LogP contribution is 2.22. The molecule has 0 aliphatic carbocycles. The zero-order valence-corrected chi connectivity index (χ0v) is 11.8. The Morgan fingerprint density at radius 1 is 1.10 bits per heavy atom. The zero-order chi connectivity index (χ0) is 14.5. The molecule has 1 N–H and O–H groups in total. The average Bonchev–Trinajstić information content (AvgIpc) is 2.41. The van der Waals surface area contributed by atoms with E-state index in [0.717, 1.165) is 11.6 Å². The Labute approximate surface area is 125 Å². The summed E-state index contributed by atoms with van der Waals surface area (Å²) in [5.74, 6) is -0.807. The summed E-state index contributed by atoms with van der Waals surface area (Å²) in [6, 6.07) is 10.8. The summed E-state index contributed by atoms with van der Waals surface area (Å²) in [5.41, 5.74) is 1.20. The number of anilines is 1. The zero-order valence-electron chi connectivity index (χ0n) is 10.2. The summed E-state index contributed by atoms with van der Waals surface area (Å²) in [6.45, 7) is 0. The maximum absolute atomic E-state index is 12.9. The first-order chi connectivity index (χ1) is 9.54. The third kappa shape index (κ3) is 4.08. The first-order valence-electron chi connectivity index (χ1n) is 5.74. The lowest BCUT2D eigenvalue weighted by Gasteiger charge is -2.04. The highest BCUT2D eigenvalue weighted by molar-refractivity contribution is 6.33. The van der Waals surface area contributed by atoms with Crippen LogP contribution in [0.3, 0.4) is 0 Å². The number of hydrogen-bond acceptors (Lipinski definition) is 1. The van der Waals surface area contributed by atoms with Gasteiger partial charge in [0.2, 0.25) is 5.91 Å². The second-order valence-electron chi connectivity index (χ2n) is 4.00. The molecule has 1 amide bonds. The van der Waals surface area contributed by atoms with Gasteiger partial charge in [0.15, 0.2) is 0 Å². The fourth-order valence-electron chi connectivity index (χ4n) is 1.51. The number of rotatable bonds is 3. The molecule has 0 atom stereocenters. The maximum Gasteiger partial charge on any atom is 0.248 e. The van der Waals surface area contributed by atoms with Crippen molar-refractivity contribution in [3.05, 3.63) is 70.0 Å². The Kier molecular flexibility index (Phi) is 4.77. The van der Waals surface area contributed by atoms with Crippen LogP contribution >= 0.6 is 23.2 Å². The molecule has 0 heterocycles. The molecule has 0 saturated carbocycles. The molecule has 0 aliphatic heterocycles. The lowest BCUT2D eigenvalue weighted by molar-refractivity contribution is -0.111. The van der Waals surface area contributed by atoms with Crippen LogP contribution in [0.1, 0.15) is 5.56 Å². The lowest BCUT2D eigenvalue weighted by atomic mass is 10.2. The number of carbonyl (C=O) groups excluding carboxylic acids is 1. The molecule has 2 rings (SSSR count). The summed E-state index contributed by atoms with van der Waals surface area (Å²) >= 11 is 11.6. The van der Waals surface area contributed by atoms with Crippen LogP contribution in [0.4, 0.5) is 10.1 Å². The molecular formula is C15H10Cl2FNO. The minimum atomic E-state index is -0.454. The highest BCUT2D eigenvalue weighted by Gasteiger charge is 2.04. The Bertz CT molecular complexity index is 653. The maximum atomic E-state index is 12.9. The summed E-state index contributed by atoms with van der Waals surface area (Å²) in [7, 11) is 0. The van der Waals surface area contributed by atoms with E-state index in [1.807, 2.05) is 0 Å². The quantitative estimate of drug-likeness (QED) is 0.812. The van der Waals surface area contributed by atoms with Crippen molar-refractivity contribution in [3.8, 4) is 0 Å². The highest BCUT2D eigenvalue weighted by atomic mass is 35.5. The predicted molar refractivity (Wildman–Crippen MR) is 80.5 cm³/mol. The van der Waals surface area contributed by atoms with Gasteiger partial charge < -0.3 is 5.32 Å². The molecule has 0 aliphatic rings. The van der Waals surface area contributed by atoms with Gasteiger partial charge >= 0.3 is 0 Å². The van der Waals surface area contributed by atoms with E-state index >= 15 is 0 Å². The fraction of sp³-hybridized carbons (Fsp3) is 0. The molecule has 2 aromatic carbocycles. The largest absolute Gasteiger partial charge is 0.321 e. The monoisotopic (exact) mass is 309 g/mol. The van der Waals surface area contributed by atoms with Crippen molar-refractivity contribution in [2.75, 3.05) is 5.32 Å². The Morgan fingerprint density at radius 2 is 1.80 bits per heavy atom. The van der Waals surface area contributed by atoms with Gasteiger partial charge in [-0.3, -0.25) is 4.79 Å². The van der Waals surface area contributed by atoms with Gasteiger partial charge in [0, 0.05) is 11.1 Å². The molecule has 0 saturated heterocycles. The molecule has 102 valence electrons. The van der Waals surface area contributed by atoms with E-state index in [1.165, 1.54) is 18.2 Å². The number of hydrogen-bond donors (Lipinski definition) is 1. The van der Waals surface area contributed by atoms with Crippen LogP contribution in [0.15, 0.2) is 48.5 Å². The molecule has 0 bridgehead atoms. The van der Waals surface area contributed by atoms with Gasteiger partial charge in [-0.05, 0) is 42.0 Å². The van der Waals surface area contributed by atoms with Crippen LogP contribution in [-0.2, 0) is 4.79 Å². The van der Waals surface area contributed by atoms with Crippen molar-refractivity contribution in [1.29, 1.82) is 0 Å². The number of benzene rings is 2. The second kappa shape index (κ2) is 6.55. The van der Waals surface area contributed by atoms with E-state index < -0.39 is 5.82 Å². The third-order valence-electron chi connectivity index (χ3n) is 2.49. The van der Waals surface area contributed by atoms with Crippen LogP contribution in [0.2, 0.25) is 10.0 Å². The molecule has 0 unspecified atom stereocenters. The van der Waals surface area contributed by atoms with Crippen molar-refractivity contribution < 1.29 is 9.18 Å². The predicted octanol–water partition coefficient (Wildman–Crippen LogP) is 4.78. The van der Waals surface area contributed by atoms with Gasteiger partial charge in [-0.15, -0.1) is 0 Å². The molecule has 20 heavy (non-hydrogen) atoms. The van der Waals surface area contributed by atoms with E-state index in [4.69, 9.17) is 23.2 Å². The minimum absolute atomic E-state index is 0.151. The topological polar surface area (TPSA) is 29.1 Å². The number of nitrogens with one attached hydrogen (secondary N) is 1. The Morgan fingerprint density at radius 3 is 2.45 bits per heavy atom. The first-order valence-corrected chi connectivity index (χ1v) is 6.50. The van der Waals surface area contributed by atoms with Gasteiger partial charge in [-0.2, -0.15) is 0 Å². The summed E-state index contributed by atoms with van der Waals surface area (Å²) in [5, 5.41) is 3.35. The van der Waals surface area contributed by atoms with Gasteiger partial charge in [-0.25, -0.2) is 4.39 Å². The smallest absolute Gasteiger partial charge is 0.248 e. The van der Waals surface area contributed by atoms with Gasteiger partial charge in [-0.1, -0.05) is 35.3 Å². The first kappa shape index (κ1) is 14.6. The molecule has 5 heteroatoms. The van der Waals surface area contributed by atoms with Gasteiger partial charge in [0.1, 0.15) is 5.82 Å². The number of carbonyl (C=O) groups is 1. The normalized spacial score (nSPS) is 10.8. The van der Waals surface area contributed by atoms with Gasteiger partial charge in [0.25, 0.3) is 0 Å². The van der Waals surface area contributed by atoms with Crippen LogP contribution in [0, 0.1) is 5.82 Å². The van der Waals surface area contributed by atoms with E-state index in [0.29, 0.717) is 10.7 Å². The molecule has 0 fully saturated rings.